The van der Waals surface area contributed by atoms with Crippen LogP contribution in [-0.2, 0) is 24.6 Å². The second-order valence-corrected chi connectivity index (χ2v) is 9.07. The molecule has 2 atom stereocenters. The van der Waals surface area contributed by atoms with Crippen LogP contribution in [0.2, 0.25) is 0 Å². The number of urea groups is 1. The number of aryl methyl sites for hydroxylation is 1. The number of hydrogen-bond donors (Lipinski definition) is 2. The average Bonchev–Trinajstić information content (AvgIpc) is 3.22. The lowest BCUT2D eigenvalue weighted by Gasteiger charge is -2.41. The Morgan fingerprint density at radius 2 is 2.11 bits per heavy atom. The van der Waals surface area contributed by atoms with Gasteiger partial charge in [0.1, 0.15) is 17.0 Å². The number of amides is 2. The zero-order valence-corrected chi connectivity index (χ0v) is 20.4. The third-order valence-electron chi connectivity index (χ3n) is 6.43. The number of pyridine rings is 1. The van der Waals surface area contributed by atoms with Crippen molar-refractivity contribution in [3.63, 3.8) is 0 Å². The summed E-state index contributed by atoms with van der Waals surface area (Å²) >= 11 is 0. The van der Waals surface area contributed by atoms with Crippen molar-refractivity contribution in [3.05, 3.63) is 46.1 Å². The van der Waals surface area contributed by atoms with Gasteiger partial charge in [-0.2, -0.15) is 13.2 Å². The van der Waals surface area contributed by atoms with Crippen molar-refractivity contribution in [2.24, 2.45) is 13.0 Å². The number of aromatic amines is 1. The lowest BCUT2D eigenvalue weighted by Crippen LogP contribution is -2.52. The molecule has 0 aromatic carbocycles. The lowest BCUT2D eigenvalue weighted by atomic mass is 9.93. The van der Waals surface area contributed by atoms with Crippen LogP contribution >= 0.6 is 0 Å². The van der Waals surface area contributed by atoms with Crippen molar-refractivity contribution in [2.75, 3.05) is 37.5 Å². The Hall–Kier alpha value is -3.61. The first-order chi connectivity index (χ1) is 17.0. The molecule has 1 fully saturated rings. The van der Waals surface area contributed by atoms with Gasteiger partial charge in [0.25, 0.3) is 5.56 Å². The Balaban J connectivity index is 1.44. The number of halogens is 3. The highest BCUT2D eigenvalue weighted by Crippen LogP contribution is 2.30. The highest BCUT2D eigenvalue weighted by Gasteiger charge is 2.34. The molecule has 1 aliphatic rings. The number of aromatic nitrogens is 4. The molecule has 194 valence electrons. The van der Waals surface area contributed by atoms with Crippen LogP contribution in [0.1, 0.15) is 24.6 Å². The summed E-state index contributed by atoms with van der Waals surface area (Å²) in [4.78, 5) is 41.0. The van der Waals surface area contributed by atoms with Gasteiger partial charge in [-0.25, -0.2) is 14.8 Å². The smallest absolute Gasteiger partial charge is 0.378 e. The van der Waals surface area contributed by atoms with Gasteiger partial charge in [-0.15, -0.1) is 0 Å². The summed E-state index contributed by atoms with van der Waals surface area (Å²) in [6.45, 7) is 3.62. The second kappa shape index (κ2) is 9.80. The summed E-state index contributed by atoms with van der Waals surface area (Å²) in [5.74, 6) is 0.738. The number of hydrogen-bond acceptors (Lipinski definition) is 6. The number of nitrogens with one attached hydrogen (secondary N) is 2. The first-order valence-electron chi connectivity index (χ1n) is 11.4. The minimum absolute atomic E-state index is 0.0200. The van der Waals surface area contributed by atoms with Gasteiger partial charge in [0.15, 0.2) is 5.65 Å². The number of methoxy groups -OCH3 is 1. The number of ether oxygens (including phenoxy) is 1. The molecule has 4 rings (SSSR count). The number of carbonyl (C=O) groups is 1. The van der Waals surface area contributed by atoms with Gasteiger partial charge in [-0.1, -0.05) is 6.92 Å². The van der Waals surface area contributed by atoms with Crippen molar-refractivity contribution < 1.29 is 22.7 Å². The minimum Gasteiger partial charge on any atom is -0.378 e. The highest BCUT2D eigenvalue weighted by molar-refractivity contribution is 5.89. The van der Waals surface area contributed by atoms with E-state index in [1.807, 2.05) is 13.0 Å². The summed E-state index contributed by atoms with van der Waals surface area (Å²) in [5, 5.41) is 2.36. The molecule has 13 heteroatoms. The summed E-state index contributed by atoms with van der Waals surface area (Å²) < 4.78 is 45.4. The van der Waals surface area contributed by atoms with Gasteiger partial charge in [-0.05, 0) is 24.5 Å². The van der Waals surface area contributed by atoms with Gasteiger partial charge in [0.05, 0.1) is 18.4 Å². The van der Waals surface area contributed by atoms with Crippen LogP contribution in [0.4, 0.5) is 29.5 Å². The summed E-state index contributed by atoms with van der Waals surface area (Å²) in [6.07, 6.45) is -1.64. The SMILES string of the molecule is COCc1cc2nc(N3CC[C@H](N(C)C(=O)Nc4cc(C(F)(F)F)cn(C)c4=O)[C@H](C)C3)cnc2[nH]1. The number of anilines is 2. The van der Waals surface area contributed by atoms with E-state index < -0.39 is 29.0 Å². The maximum Gasteiger partial charge on any atom is 0.417 e. The van der Waals surface area contributed by atoms with Crippen LogP contribution in [0.25, 0.3) is 11.2 Å². The van der Waals surface area contributed by atoms with Gasteiger partial charge in [0, 0.05) is 52.2 Å². The number of carbonyl (C=O) groups excluding carboxylic acids is 1. The van der Waals surface area contributed by atoms with E-state index in [9.17, 15) is 22.8 Å². The predicted octanol–water partition coefficient (Wildman–Crippen LogP) is 3.20. The molecule has 3 aromatic rings. The van der Waals surface area contributed by atoms with E-state index in [-0.39, 0.29) is 12.0 Å². The average molecular weight is 508 g/mol. The number of H-pyrrole nitrogens is 1. The first-order valence-corrected chi connectivity index (χ1v) is 11.4. The van der Waals surface area contributed by atoms with E-state index in [1.165, 1.54) is 11.9 Å². The van der Waals surface area contributed by atoms with E-state index in [0.29, 0.717) is 44.0 Å². The van der Waals surface area contributed by atoms with Gasteiger partial charge < -0.3 is 29.4 Å². The van der Waals surface area contributed by atoms with E-state index >= 15 is 0 Å². The molecule has 10 nitrogen and oxygen atoms in total. The van der Waals surface area contributed by atoms with Gasteiger partial charge >= 0.3 is 12.2 Å². The largest absolute Gasteiger partial charge is 0.417 e. The number of piperidine rings is 1. The molecule has 3 aromatic heterocycles. The van der Waals surface area contributed by atoms with Crippen LogP contribution in [0, 0.1) is 5.92 Å². The molecule has 0 radical (unpaired) electrons. The standard InChI is InChI=1S/C23H28F3N7O3/c1-13-10-33(19-9-27-20-16(29-19)8-15(28-20)12-36-4)6-5-18(13)32(3)22(35)30-17-7-14(23(24,25)26)11-31(2)21(17)34/h7-9,11,13,18H,5-6,10,12H2,1-4H3,(H,27,28)(H,30,35)/t13-,18+/m1/s1. The van der Waals surface area contributed by atoms with Crippen LogP contribution in [0.3, 0.4) is 0 Å². The quantitative estimate of drug-likeness (QED) is 0.549. The Bertz CT molecular complexity index is 1320. The maximum absolute atomic E-state index is 13.2. The Kier molecular flexibility index (Phi) is 6.94. The van der Waals surface area contributed by atoms with E-state index in [1.54, 1.807) is 20.4 Å². The monoisotopic (exact) mass is 507 g/mol. The van der Waals surface area contributed by atoms with Crippen LogP contribution in [0.15, 0.2) is 29.3 Å². The molecule has 4 heterocycles. The molecular weight excluding hydrogens is 479 g/mol. The molecule has 0 aliphatic carbocycles. The highest BCUT2D eigenvalue weighted by atomic mass is 19.4. The normalized spacial score (nSPS) is 18.5. The number of nitrogens with zero attached hydrogens (tertiary/aromatic N) is 5. The number of rotatable bonds is 5. The Labute approximate surface area is 205 Å². The van der Waals surface area contributed by atoms with Gasteiger partial charge in [-0.3, -0.25) is 4.79 Å². The van der Waals surface area contributed by atoms with Crippen LogP contribution in [0.5, 0.6) is 0 Å². The van der Waals surface area contributed by atoms with Crippen molar-refractivity contribution >= 4 is 28.7 Å². The fourth-order valence-electron chi connectivity index (χ4n) is 4.56. The molecule has 2 N–H and O–H groups in total. The zero-order valence-electron chi connectivity index (χ0n) is 20.4. The van der Waals surface area contributed by atoms with Crippen molar-refractivity contribution in [3.8, 4) is 0 Å². The maximum atomic E-state index is 13.2. The number of alkyl halides is 3. The third-order valence-corrected chi connectivity index (χ3v) is 6.43. The first kappa shape index (κ1) is 25.5. The molecule has 0 unspecified atom stereocenters. The molecule has 36 heavy (non-hydrogen) atoms. The lowest BCUT2D eigenvalue weighted by molar-refractivity contribution is -0.138. The van der Waals surface area contributed by atoms with Crippen molar-refractivity contribution in [1.29, 1.82) is 0 Å². The summed E-state index contributed by atoms with van der Waals surface area (Å²) in [6, 6.07) is 1.72. The summed E-state index contributed by atoms with van der Waals surface area (Å²) in [7, 11) is 4.40. The van der Waals surface area contributed by atoms with Crippen molar-refractivity contribution in [1.82, 2.24) is 24.4 Å². The molecule has 0 spiro atoms. The fourth-order valence-corrected chi connectivity index (χ4v) is 4.56. The topological polar surface area (TPSA) is 108 Å². The van der Waals surface area contributed by atoms with Gasteiger partial charge in [0.2, 0.25) is 0 Å². The molecule has 1 aliphatic heterocycles. The second-order valence-electron chi connectivity index (χ2n) is 9.07. The molecule has 0 saturated carbocycles. The fraction of sp³-hybridized carbons (Fsp3) is 0.478. The van der Waals surface area contributed by atoms with E-state index in [4.69, 9.17) is 9.72 Å². The molecular formula is C23H28F3N7O3. The predicted molar refractivity (Wildman–Crippen MR) is 128 cm³/mol. The number of fused-ring (bicyclic) bond motifs is 1. The van der Waals surface area contributed by atoms with E-state index in [0.717, 1.165) is 21.6 Å². The van der Waals surface area contributed by atoms with Crippen molar-refractivity contribution in [2.45, 2.75) is 32.2 Å². The summed E-state index contributed by atoms with van der Waals surface area (Å²) in [5.41, 5.74) is 0.121. The minimum atomic E-state index is -4.64. The van der Waals surface area contributed by atoms with E-state index in [2.05, 4.69) is 20.2 Å². The Morgan fingerprint density at radius 3 is 2.78 bits per heavy atom. The Morgan fingerprint density at radius 1 is 1.36 bits per heavy atom. The molecule has 2 amide bonds. The zero-order chi connectivity index (χ0) is 26.2. The molecule has 1 saturated heterocycles. The molecule has 0 bridgehead atoms. The third kappa shape index (κ3) is 5.15. The van der Waals surface area contributed by atoms with Crippen LogP contribution in [-0.4, -0.2) is 63.7 Å². The van der Waals surface area contributed by atoms with Crippen LogP contribution < -0.4 is 15.8 Å².